The molecule has 1 aromatic carbocycles. The molecular weight excluding hydrogens is 234 g/mol. The summed E-state index contributed by atoms with van der Waals surface area (Å²) in [6.45, 7) is 5.95. The van der Waals surface area contributed by atoms with Gasteiger partial charge in [0.15, 0.2) is 0 Å². The molecule has 0 saturated carbocycles. The Morgan fingerprint density at radius 1 is 1.28 bits per heavy atom. The number of likely N-dealkylation sites (tertiary alicyclic amines) is 1. The monoisotopic (exact) mass is 254 g/mol. The van der Waals surface area contributed by atoms with Crippen molar-refractivity contribution in [2.24, 2.45) is 0 Å². The van der Waals surface area contributed by atoms with Gasteiger partial charge >= 0.3 is 0 Å². The van der Waals surface area contributed by atoms with Crippen molar-refractivity contribution in [1.82, 2.24) is 10.2 Å². The van der Waals surface area contributed by atoms with Crippen molar-refractivity contribution in [2.75, 3.05) is 26.2 Å². The van der Waals surface area contributed by atoms with Crippen LogP contribution in [0, 0.1) is 11.6 Å². The lowest BCUT2D eigenvalue weighted by molar-refractivity contribution is 0.329. The first-order valence-corrected chi connectivity index (χ1v) is 6.57. The first-order chi connectivity index (χ1) is 8.66. The van der Waals surface area contributed by atoms with E-state index in [1.54, 1.807) is 0 Å². The Balaban J connectivity index is 1.83. The summed E-state index contributed by atoms with van der Waals surface area (Å²) in [5, 5.41) is 3.25. The second-order valence-corrected chi connectivity index (χ2v) is 4.89. The number of nitrogens with one attached hydrogen (secondary N) is 1. The molecule has 0 amide bonds. The van der Waals surface area contributed by atoms with Crippen LogP contribution in [-0.2, 0) is 0 Å². The van der Waals surface area contributed by atoms with Gasteiger partial charge in [-0.2, -0.15) is 0 Å². The van der Waals surface area contributed by atoms with Crippen LogP contribution in [0.3, 0.4) is 0 Å². The van der Waals surface area contributed by atoms with Gasteiger partial charge in [-0.05, 0) is 51.1 Å². The normalized spacial score (nSPS) is 18.2. The van der Waals surface area contributed by atoms with Gasteiger partial charge in [-0.25, -0.2) is 8.78 Å². The molecule has 1 aliphatic heterocycles. The maximum absolute atomic E-state index is 13.5. The molecule has 1 saturated heterocycles. The average molecular weight is 254 g/mol. The molecular formula is C14H20F2N2. The van der Waals surface area contributed by atoms with Crippen LogP contribution in [0.2, 0.25) is 0 Å². The molecule has 0 aliphatic carbocycles. The van der Waals surface area contributed by atoms with E-state index >= 15 is 0 Å². The van der Waals surface area contributed by atoms with Gasteiger partial charge in [0, 0.05) is 24.7 Å². The minimum Gasteiger partial charge on any atom is -0.309 e. The van der Waals surface area contributed by atoms with Crippen LogP contribution in [0.25, 0.3) is 0 Å². The molecule has 4 heteroatoms. The first kappa shape index (κ1) is 13.4. The fourth-order valence-corrected chi connectivity index (χ4v) is 2.40. The maximum Gasteiger partial charge on any atom is 0.128 e. The summed E-state index contributed by atoms with van der Waals surface area (Å²) in [7, 11) is 0. The van der Waals surface area contributed by atoms with Gasteiger partial charge in [-0.15, -0.1) is 0 Å². The highest BCUT2D eigenvalue weighted by molar-refractivity contribution is 5.21. The topological polar surface area (TPSA) is 15.3 Å². The zero-order valence-corrected chi connectivity index (χ0v) is 10.8. The van der Waals surface area contributed by atoms with Crippen LogP contribution >= 0.6 is 0 Å². The van der Waals surface area contributed by atoms with Gasteiger partial charge in [-0.1, -0.05) is 0 Å². The summed E-state index contributed by atoms with van der Waals surface area (Å²) < 4.78 is 26.6. The van der Waals surface area contributed by atoms with Crippen molar-refractivity contribution in [2.45, 2.75) is 25.8 Å². The molecule has 0 aromatic heterocycles. The third-order valence-electron chi connectivity index (χ3n) is 3.50. The molecule has 1 heterocycles. The minimum atomic E-state index is -0.389. The predicted molar refractivity (Wildman–Crippen MR) is 68.4 cm³/mol. The molecule has 1 unspecified atom stereocenters. The Kier molecular flexibility index (Phi) is 4.66. The Morgan fingerprint density at radius 3 is 2.72 bits per heavy atom. The fourth-order valence-electron chi connectivity index (χ4n) is 2.40. The zero-order chi connectivity index (χ0) is 13.0. The SMILES string of the molecule is CC(NCCN1CCCC1)c1cc(F)ccc1F. The number of rotatable bonds is 5. The van der Waals surface area contributed by atoms with Gasteiger partial charge in [-0.3, -0.25) is 0 Å². The van der Waals surface area contributed by atoms with Gasteiger partial charge in [0.25, 0.3) is 0 Å². The quantitative estimate of drug-likeness (QED) is 0.869. The lowest BCUT2D eigenvalue weighted by Gasteiger charge is -2.19. The van der Waals surface area contributed by atoms with Gasteiger partial charge in [0.1, 0.15) is 11.6 Å². The lowest BCUT2D eigenvalue weighted by atomic mass is 10.1. The van der Waals surface area contributed by atoms with E-state index in [0.717, 1.165) is 32.2 Å². The summed E-state index contributed by atoms with van der Waals surface area (Å²) in [5.41, 5.74) is 0.399. The van der Waals surface area contributed by atoms with Gasteiger partial charge in [0.2, 0.25) is 0 Å². The molecule has 1 aliphatic rings. The van der Waals surface area contributed by atoms with Crippen molar-refractivity contribution in [3.05, 3.63) is 35.4 Å². The summed E-state index contributed by atoms with van der Waals surface area (Å²) in [6, 6.07) is 3.44. The average Bonchev–Trinajstić information content (AvgIpc) is 2.85. The Morgan fingerprint density at radius 2 is 2.00 bits per heavy atom. The number of halogens is 2. The smallest absolute Gasteiger partial charge is 0.128 e. The van der Waals surface area contributed by atoms with Crippen LogP contribution in [0.4, 0.5) is 8.78 Å². The van der Waals surface area contributed by atoms with Crippen LogP contribution < -0.4 is 5.32 Å². The molecule has 0 bridgehead atoms. The standard InChI is InChI=1S/C14H20F2N2/c1-11(13-10-12(15)4-5-14(13)16)17-6-9-18-7-2-3-8-18/h4-5,10-11,17H,2-3,6-9H2,1H3. The van der Waals surface area contributed by atoms with E-state index < -0.39 is 0 Å². The number of nitrogens with zero attached hydrogens (tertiary/aromatic N) is 1. The van der Waals surface area contributed by atoms with E-state index in [0.29, 0.717) is 5.56 Å². The third-order valence-corrected chi connectivity index (χ3v) is 3.50. The highest BCUT2D eigenvalue weighted by Gasteiger charge is 2.13. The highest BCUT2D eigenvalue weighted by atomic mass is 19.1. The van der Waals surface area contributed by atoms with E-state index in [-0.39, 0.29) is 17.7 Å². The zero-order valence-electron chi connectivity index (χ0n) is 10.8. The molecule has 1 atom stereocenters. The van der Waals surface area contributed by atoms with E-state index in [1.165, 1.54) is 25.0 Å². The van der Waals surface area contributed by atoms with Crippen molar-refractivity contribution >= 4 is 0 Å². The van der Waals surface area contributed by atoms with E-state index in [2.05, 4.69) is 10.2 Å². The summed E-state index contributed by atoms with van der Waals surface area (Å²) >= 11 is 0. The third kappa shape index (κ3) is 3.50. The van der Waals surface area contributed by atoms with Crippen LogP contribution in [-0.4, -0.2) is 31.1 Å². The molecule has 0 spiro atoms. The maximum atomic E-state index is 13.5. The molecule has 18 heavy (non-hydrogen) atoms. The van der Waals surface area contributed by atoms with E-state index in [9.17, 15) is 8.78 Å². The second kappa shape index (κ2) is 6.25. The molecule has 2 rings (SSSR count). The Bertz CT molecular complexity index is 389. The number of hydrogen-bond donors (Lipinski definition) is 1. The van der Waals surface area contributed by atoms with Crippen molar-refractivity contribution in [3.8, 4) is 0 Å². The first-order valence-electron chi connectivity index (χ1n) is 6.57. The highest BCUT2D eigenvalue weighted by Crippen LogP contribution is 2.17. The number of hydrogen-bond acceptors (Lipinski definition) is 2. The molecule has 2 nitrogen and oxygen atoms in total. The lowest BCUT2D eigenvalue weighted by Crippen LogP contribution is -2.31. The second-order valence-electron chi connectivity index (χ2n) is 4.89. The van der Waals surface area contributed by atoms with E-state index in [1.807, 2.05) is 6.92 Å². The summed E-state index contributed by atoms with van der Waals surface area (Å²) in [4.78, 5) is 2.39. The molecule has 1 aromatic rings. The van der Waals surface area contributed by atoms with Crippen molar-refractivity contribution in [3.63, 3.8) is 0 Å². The largest absolute Gasteiger partial charge is 0.309 e. The fraction of sp³-hybridized carbons (Fsp3) is 0.571. The molecule has 1 N–H and O–H groups in total. The van der Waals surface area contributed by atoms with Gasteiger partial charge < -0.3 is 10.2 Å². The van der Waals surface area contributed by atoms with Crippen LogP contribution in [0.1, 0.15) is 31.4 Å². The van der Waals surface area contributed by atoms with Gasteiger partial charge in [0.05, 0.1) is 0 Å². The predicted octanol–water partition coefficient (Wildman–Crippen LogP) is 2.71. The van der Waals surface area contributed by atoms with Crippen molar-refractivity contribution < 1.29 is 8.78 Å². The Hall–Kier alpha value is -1.00. The summed E-state index contributed by atoms with van der Waals surface area (Å²) in [5.74, 6) is -0.739. The summed E-state index contributed by atoms with van der Waals surface area (Å²) in [6.07, 6.45) is 2.54. The van der Waals surface area contributed by atoms with Crippen molar-refractivity contribution in [1.29, 1.82) is 0 Å². The molecule has 0 radical (unpaired) electrons. The Labute approximate surface area is 107 Å². The molecule has 1 fully saturated rings. The number of benzene rings is 1. The van der Waals surface area contributed by atoms with Crippen LogP contribution in [0.5, 0.6) is 0 Å². The van der Waals surface area contributed by atoms with E-state index in [4.69, 9.17) is 0 Å². The minimum absolute atomic E-state index is 0.164. The van der Waals surface area contributed by atoms with Crippen LogP contribution in [0.15, 0.2) is 18.2 Å². The molecule has 100 valence electrons.